The van der Waals surface area contributed by atoms with E-state index in [1.165, 1.54) is 12.1 Å². The van der Waals surface area contributed by atoms with Crippen LogP contribution in [0.25, 0.3) is 6.08 Å². The van der Waals surface area contributed by atoms with Crippen LogP contribution in [0.15, 0.2) is 79.1 Å². The molecule has 0 aliphatic heterocycles. The molecule has 4 nitrogen and oxygen atoms in total. The zero-order chi connectivity index (χ0) is 19.6. The lowest BCUT2D eigenvalue weighted by Crippen LogP contribution is -2.05. The monoisotopic (exact) mass is 377 g/mol. The normalized spacial score (nSPS) is 10.8. The van der Waals surface area contributed by atoms with E-state index in [1.54, 1.807) is 36.7 Å². The van der Waals surface area contributed by atoms with Gasteiger partial charge in [-0.2, -0.15) is 0 Å². The van der Waals surface area contributed by atoms with Crippen molar-refractivity contribution in [3.05, 3.63) is 102 Å². The summed E-state index contributed by atoms with van der Waals surface area (Å²) in [5, 5.41) is 0. The first-order valence-electron chi connectivity index (χ1n) is 8.91. The molecule has 1 heterocycles. The minimum Gasteiger partial charge on any atom is -0.489 e. The lowest BCUT2D eigenvalue weighted by Gasteiger charge is -2.06. The molecule has 0 bridgehead atoms. The summed E-state index contributed by atoms with van der Waals surface area (Å²) in [5.41, 5.74) is 2.37. The van der Waals surface area contributed by atoms with Crippen LogP contribution in [0.1, 0.15) is 16.7 Å². The zero-order valence-corrected chi connectivity index (χ0v) is 15.3. The van der Waals surface area contributed by atoms with Gasteiger partial charge in [-0.1, -0.05) is 36.4 Å². The lowest BCUT2D eigenvalue weighted by atomic mass is 10.1. The molecule has 0 atom stereocenters. The standard InChI is InChI=1S/C23H20FNO3/c24-22-6-2-1-5-20(22)13-15-27-23(26)12-9-18-7-10-21(11-8-18)28-17-19-4-3-14-25-16-19/h1-12,14,16H,13,15,17H2/b12-9+. The number of halogens is 1. The van der Waals surface area contributed by atoms with Crippen molar-refractivity contribution >= 4 is 12.0 Å². The quantitative estimate of drug-likeness (QED) is 0.425. The van der Waals surface area contributed by atoms with Gasteiger partial charge in [-0.25, -0.2) is 9.18 Å². The molecule has 28 heavy (non-hydrogen) atoms. The average molecular weight is 377 g/mol. The number of carbonyl (C=O) groups excluding carboxylic acids is 1. The van der Waals surface area contributed by atoms with Crippen LogP contribution in [0.5, 0.6) is 5.75 Å². The first-order valence-corrected chi connectivity index (χ1v) is 8.91. The number of esters is 1. The molecule has 3 rings (SSSR count). The Morgan fingerprint density at radius 1 is 1.04 bits per heavy atom. The van der Waals surface area contributed by atoms with Crippen LogP contribution in [0.2, 0.25) is 0 Å². The van der Waals surface area contributed by atoms with Crippen LogP contribution < -0.4 is 4.74 Å². The summed E-state index contributed by atoms with van der Waals surface area (Å²) in [5.74, 6) is -0.0263. The second-order valence-corrected chi connectivity index (χ2v) is 6.06. The highest BCUT2D eigenvalue weighted by Gasteiger charge is 2.03. The number of pyridine rings is 1. The second-order valence-electron chi connectivity index (χ2n) is 6.06. The number of nitrogens with zero attached hydrogens (tertiary/aromatic N) is 1. The van der Waals surface area contributed by atoms with E-state index >= 15 is 0 Å². The molecule has 0 fully saturated rings. The third-order valence-corrected chi connectivity index (χ3v) is 3.99. The van der Waals surface area contributed by atoms with Gasteiger partial charge in [0.2, 0.25) is 0 Å². The number of hydrogen-bond donors (Lipinski definition) is 0. The maximum absolute atomic E-state index is 13.5. The van der Waals surface area contributed by atoms with E-state index in [0.717, 1.165) is 16.9 Å². The van der Waals surface area contributed by atoms with E-state index in [4.69, 9.17) is 9.47 Å². The van der Waals surface area contributed by atoms with Crippen LogP contribution >= 0.6 is 0 Å². The maximum Gasteiger partial charge on any atom is 0.330 e. The smallest absolute Gasteiger partial charge is 0.330 e. The van der Waals surface area contributed by atoms with Crippen LogP contribution in [-0.2, 0) is 22.6 Å². The van der Waals surface area contributed by atoms with E-state index in [9.17, 15) is 9.18 Å². The summed E-state index contributed by atoms with van der Waals surface area (Å²) in [6, 6.07) is 17.6. The minimum absolute atomic E-state index is 0.130. The summed E-state index contributed by atoms with van der Waals surface area (Å²) in [4.78, 5) is 15.8. The number of benzene rings is 2. The molecule has 1 aromatic heterocycles. The third kappa shape index (κ3) is 6.06. The number of carbonyl (C=O) groups is 1. The van der Waals surface area contributed by atoms with Crippen molar-refractivity contribution in [3.8, 4) is 5.75 Å². The Morgan fingerprint density at radius 2 is 1.86 bits per heavy atom. The van der Waals surface area contributed by atoms with E-state index in [-0.39, 0.29) is 12.4 Å². The van der Waals surface area contributed by atoms with Gasteiger partial charge in [0, 0.05) is 30.5 Å². The lowest BCUT2D eigenvalue weighted by molar-refractivity contribution is -0.137. The molecular formula is C23H20FNO3. The fraction of sp³-hybridized carbons (Fsp3) is 0.130. The van der Waals surface area contributed by atoms with Crippen molar-refractivity contribution in [3.63, 3.8) is 0 Å². The number of ether oxygens (including phenoxy) is 2. The second kappa shape index (κ2) is 10.0. The van der Waals surface area contributed by atoms with Gasteiger partial charge < -0.3 is 9.47 Å². The number of rotatable bonds is 8. The highest BCUT2D eigenvalue weighted by atomic mass is 19.1. The maximum atomic E-state index is 13.5. The topological polar surface area (TPSA) is 48.4 Å². The summed E-state index contributed by atoms with van der Waals surface area (Å²) < 4.78 is 24.3. The van der Waals surface area contributed by atoms with E-state index < -0.39 is 5.97 Å². The Bertz CT molecular complexity index is 924. The van der Waals surface area contributed by atoms with Crippen molar-refractivity contribution in [1.29, 1.82) is 0 Å². The molecule has 5 heteroatoms. The van der Waals surface area contributed by atoms with Crippen molar-refractivity contribution < 1.29 is 18.7 Å². The molecule has 0 radical (unpaired) electrons. The van der Waals surface area contributed by atoms with Gasteiger partial charge in [0.25, 0.3) is 0 Å². The molecule has 2 aromatic carbocycles. The highest BCUT2D eigenvalue weighted by Crippen LogP contribution is 2.15. The molecule has 0 aliphatic carbocycles. The number of aromatic nitrogens is 1. The molecule has 0 aliphatic rings. The van der Waals surface area contributed by atoms with Gasteiger partial charge in [-0.15, -0.1) is 0 Å². The van der Waals surface area contributed by atoms with E-state index in [0.29, 0.717) is 18.6 Å². The van der Waals surface area contributed by atoms with Gasteiger partial charge in [-0.3, -0.25) is 4.98 Å². The van der Waals surface area contributed by atoms with Crippen LogP contribution in [-0.4, -0.2) is 17.6 Å². The Morgan fingerprint density at radius 3 is 2.61 bits per heavy atom. The third-order valence-electron chi connectivity index (χ3n) is 3.99. The van der Waals surface area contributed by atoms with Gasteiger partial charge in [0.1, 0.15) is 18.2 Å². The van der Waals surface area contributed by atoms with Crippen LogP contribution in [0, 0.1) is 5.82 Å². The highest BCUT2D eigenvalue weighted by molar-refractivity contribution is 5.87. The predicted octanol–water partition coefficient (Wildman–Crippen LogP) is 4.60. The summed E-state index contributed by atoms with van der Waals surface area (Å²) >= 11 is 0. The Balaban J connectivity index is 1.43. The summed E-state index contributed by atoms with van der Waals surface area (Å²) in [6.45, 7) is 0.572. The van der Waals surface area contributed by atoms with Gasteiger partial charge in [0.05, 0.1) is 6.61 Å². The van der Waals surface area contributed by atoms with Crippen molar-refractivity contribution in [2.24, 2.45) is 0 Å². The van der Waals surface area contributed by atoms with Gasteiger partial charge >= 0.3 is 5.97 Å². The van der Waals surface area contributed by atoms with Crippen LogP contribution in [0.4, 0.5) is 4.39 Å². The van der Waals surface area contributed by atoms with Gasteiger partial charge in [-0.05, 0) is 41.5 Å². The molecule has 0 saturated heterocycles. The van der Waals surface area contributed by atoms with Crippen molar-refractivity contribution in [2.75, 3.05) is 6.61 Å². The molecule has 0 spiro atoms. The zero-order valence-electron chi connectivity index (χ0n) is 15.3. The first-order chi connectivity index (χ1) is 13.7. The van der Waals surface area contributed by atoms with Crippen molar-refractivity contribution in [2.45, 2.75) is 13.0 Å². The summed E-state index contributed by atoms with van der Waals surface area (Å²) in [7, 11) is 0. The molecule has 3 aromatic rings. The Kier molecular flexibility index (Phi) is 6.90. The van der Waals surface area contributed by atoms with E-state index in [1.807, 2.05) is 36.4 Å². The largest absolute Gasteiger partial charge is 0.489 e. The predicted molar refractivity (Wildman–Crippen MR) is 105 cm³/mol. The Labute approximate surface area is 163 Å². The SMILES string of the molecule is O=C(/C=C/c1ccc(OCc2cccnc2)cc1)OCCc1ccccc1F. The minimum atomic E-state index is -0.465. The Hall–Kier alpha value is -3.47. The fourth-order valence-corrected chi connectivity index (χ4v) is 2.50. The van der Waals surface area contributed by atoms with Crippen LogP contribution in [0.3, 0.4) is 0 Å². The molecule has 0 amide bonds. The van der Waals surface area contributed by atoms with Gasteiger partial charge in [0.15, 0.2) is 0 Å². The molecule has 0 N–H and O–H groups in total. The van der Waals surface area contributed by atoms with E-state index in [2.05, 4.69) is 4.98 Å². The van der Waals surface area contributed by atoms with Crippen molar-refractivity contribution in [1.82, 2.24) is 4.98 Å². The molecule has 142 valence electrons. The first kappa shape index (κ1) is 19.3. The molecular weight excluding hydrogens is 357 g/mol. The number of hydrogen-bond acceptors (Lipinski definition) is 4. The fourth-order valence-electron chi connectivity index (χ4n) is 2.50. The molecule has 0 unspecified atom stereocenters. The molecule has 0 saturated carbocycles. The summed E-state index contributed by atoms with van der Waals surface area (Å²) in [6.07, 6.45) is 6.84. The average Bonchev–Trinajstić information content (AvgIpc) is 2.74.